The summed E-state index contributed by atoms with van der Waals surface area (Å²) in [5.41, 5.74) is 14.8. The van der Waals surface area contributed by atoms with Crippen LogP contribution in [0.3, 0.4) is 0 Å². The summed E-state index contributed by atoms with van der Waals surface area (Å²) in [7, 11) is 0. The highest BCUT2D eigenvalue weighted by Gasteiger charge is 2.25. The van der Waals surface area contributed by atoms with Crippen LogP contribution in [-0.2, 0) is 20.8 Å². The molecule has 0 aromatic heterocycles. The van der Waals surface area contributed by atoms with Crippen LogP contribution in [0.1, 0.15) is 12.5 Å². The van der Waals surface area contributed by atoms with E-state index >= 15 is 0 Å². The normalized spacial score (nSPS) is 12.7. The van der Waals surface area contributed by atoms with Crippen LogP contribution in [0.25, 0.3) is 5.53 Å². The number of amides is 1. The average molecular weight is 288 g/mol. The number of hydrogen-bond acceptors (Lipinski definition) is 4. The Kier molecular flexibility index (Phi) is 6.13. The lowest BCUT2D eigenvalue weighted by atomic mass is 10.1. The molecular formula is C14H16N4O3. The summed E-state index contributed by atoms with van der Waals surface area (Å²) in [5, 5.41) is 2.36. The number of nitrogens with two attached hydrogens (primary N) is 1. The van der Waals surface area contributed by atoms with Gasteiger partial charge in [-0.05, 0) is 18.9 Å². The molecule has 0 heterocycles. The number of hydrogen-bond donors (Lipinski definition) is 2. The van der Waals surface area contributed by atoms with E-state index in [0.717, 1.165) is 5.56 Å². The van der Waals surface area contributed by atoms with Crippen LogP contribution in [0.5, 0.6) is 0 Å². The Hall–Kier alpha value is -2.63. The third-order valence-corrected chi connectivity index (χ3v) is 2.81. The Morgan fingerprint density at radius 2 is 1.95 bits per heavy atom. The van der Waals surface area contributed by atoms with E-state index in [9.17, 15) is 14.4 Å². The number of benzene rings is 1. The molecule has 7 heteroatoms. The van der Waals surface area contributed by atoms with Crippen molar-refractivity contribution in [3.63, 3.8) is 0 Å². The average Bonchev–Trinajstić information content (AvgIpc) is 2.47. The first-order chi connectivity index (χ1) is 9.95. The largest absolute Gasteiger partial charge is 0.361 e. The number of nitrogens with one attached hydrogen (secondary N) is 1. The number of carbonyl (C=O) groups excluding carboxylic acids is 3. The van der Waals surface area contributed by atoms with Crippen molar-refractivity contribution in [2.45, 2.75) is 25.4 Å². The van der Waals surface area contributed by atoms with E-state index < -0.39 is 29.6 Å². The van der Waals surface area contributed by atoms with Gasteiger partial charge in [0, 0.05) is 0 Å². The molecule has 1 amide bonds. The Balaban J connectivity index is 2.57. The molecule has 1 aromatic rings. The predicted molar refractivity (Wildman–Crippen MR) is 75.4 cm³/mol. The minimum Gasteiger partial charge on any atom is -0.361 e. The number of ketones is 2. The summed E-state index contributed by atoms with van der Waals surface area (Å²) >= 11 is 0. The Labute approximate surface area is 121 Å². The summed E-state index contributed by atoms with van der Waals surface area (Å²) in [6.07, 6.45) is 0.800. The van der Waals surface area contributed by atoms with Gasteiger partial charge in [-0.2, -0.15) is 4.79 Å². The zero-order chi connectivity index (χ0) is 15.8. The SMILES string of the molecule is C[C@H](NC(=O)[C@@H](N)Cc1ccccc1)C(=O)C(=O)C=[N+]=[N-]. The second-order valence-electron chi connectivity index (χ2n) is 4.50. The lowest BCUT2D eigenvalue weighted by Gasteiger charge is -2.15. The molecule has 0 aliphatic carbocycles. The number of Topliss-reactive ketones (excluding diaryl/α,β-unsaturated/α-hetero) is 2. The van der Waals surface area contributed by atoms with Crippen molar-refractivity contribution in [3.8, 4) is 0 Å². The highest BCUT2D eigenvalue weighted by atomic mass is 16.2. The highest BCUT2D eigenvalue weighted by molar-refractivity contribution is 6.59. The van der Waals surface area contributed by atoms with E-state index in [1.54, 1.807) is 0 Å². The maximum absolute atomic E-state index is 11.9. The molecule has 0 unspecified atom stereocenters. The minimum absolute atomic E-state index is 0.319. The topological polar surface area (TPSA) is 126 Å². The number of nitrogens with zero attached hydrogens (tertiary/aromatic N) is 2. The van der Waals surface area contributed by atoms with Gasteiger partial charge in [0.1, 0.15) is 0 Å². The van der Waals surface area contributed by atoms with Crippen LogP contribution in [-0.4, -0.2) is 40.6 Å². The van der Waals surface area contributed by atoms with Crippen molar-refractivity contribution in [1.82, 2.24) is 5.32 Å². The van der Waals surface area contributed by atoms with Gasteiger partial charge in [-0.1, -0.05) is 30.3 Å². The second kappa shape index (κ2) is 7.84. The van der Waals surface area contributed by atoms with Crippen molar-refractivity contribution in [2.24, 2.45) is 5.73 Å². The van der Waals surface area contributed by atoms with E-state index in [0.29, 0.717) is 12.6 Å². The van der Waals surface area contributed by atoms with Crippen LogP contribution in [0.2, 0.25) is 0 Å². The molecule has 0 radical (unpaired) electrons. The van der Waals surface area contributed by atoms with Crippen LogP contribution in [0.4, 0.5) is 0 Å². The first-order valence-electron chi connectivity index (χ1n) is 6.31. The molecule has 1 rings (SSSR count). The standard InChI is InChI=1S/C14H16N4O3/c1-9(13(20)12(19)8-17-16)18-14(21)11(15)7-10-5-3-2-4-6-10/h2-6,8-9,11H,7,15H2,1H3,(H,18,21)/t9-,11-/m0/s1. The van der Waals surface area contributed by atoms with E-state index in [4.69, 9.17) is 11.3 Å². The molecule has 0 fully saturated rings. The predicted octanol–water partition coefficient (Wildman–Crippen LogP) is -0.500. The molecule has 0 aliphatic heterocycles. The Morgan fingerprint density at radius 1 is 1.33 bits per heavy atom. The molecule has 0 spiro atoms. The van der Waals surface area contributed by atoms with Gasteiger partial charge in [0.15, 0.2) is 0 Å². The van der Waals surface area contributed by atoms with Gasteiger partial charge >= 0.3 is 12.0 Å². The molecular weight excluding hydrogens is 272 g/mol. The first kappa shape index (κ1) is 16.4. The van der Waals surface area contributed by atoms with Gasteiger partial charge in [0.05, 0.1) is 12.1 Å². The van der Waals surface area contributed by atoms with Crippen molar-refractivity contribution in [3.05, 3.63) is 41.4 Å². The van der Waals surface area contributed by atoms with E-state index in [-0.39, 0.29) is 0 Å². The summed E-state index contributed by atoms with van der Waals surface area (Å²) in [6.45, 7) is 1.36. The summed E-state index contributed by atoms with van der Waals surface area (Å²) in [5.74, 6) is -2.41. The van der Waals surface area contributed by atoms with Gasteiger partial charge in [0.25, 0.3) is 0 Å². The van der Waals surface area contributed by atoms with E-state index in [1.807, 2.05) is 30.3 Å². The fourth-order valence-electron chi connectivity index (χ4n) is 1.68. The van der Waals surface area contributed by atoms with Crippen molar-refractivity contribution < 1.29 is 19.2 Å². The quantitative estimate of drug-likeness (QED) is 0.303. The molecule has 2 atom stereocenters. The third-order valence-electron chi connectivity index (χ3n) is 2.81. The molecule has 0 bridgehead atoms. The summed E-state index contributed by atoms with van der Waals surface area (Å²) in [4.78, 5) is 37.1. The van der Waals surface area contributed by atoms with Crippen LogP contribution >= 0.6 is 0 Å². The number of rotatable bonds is 7. The lowest BCUT2D eigenvalue weighted by Crippen LogP contribution is -2.49. The molecule has 0 aliphatic rings. The summed E-state index contributed by atoms with van der Waals surface area (Å²) in [6, 6.07) is 7.32. The molecule has 3 N–H and O–H groups in total. The van der Waals surface area contributed by atoms with Crippen LogP contribution < -0.4 is 11.1 Å². The maximum Gasteiger partial charge on any atom is 0.331 e. The van der Waals surface area contributed by atoms with Crippen LogP contribution in [0.15, 0.2) is 30.3 Å². The van der Waals surface area contributed by atoms with E-state index in [2.05, 4.69) is 10.1 Å². The molecule has 0 saturated carbocycles. The van der Waals surface area contributed by atoms with Crippen LogP contribution in [0, 0.1) is 0 Å². The smallest absolute Gasteiger partial charge is 0.331 e. The fraction of sp³-hybridized carbons (Fsp3) is 0.286. The Bertz CT molecular complexity index is 579. The van der Waals surface area contributed by atoms with Crippen molar-refractivity contribution in [2.75, 3.05) is 0 Å². The zero-order valence-electron chi connectivity index (χ0n) is 11.5. The van der Waals surface area contributed by atoms with Gasteiger partial charge in [0.2, 0.25) is 11.7 Å². The minimum atomic E-state index is -1.04. The monoisotopic (exact) mass is 288 g/mol. The maximum atomic E-state index is 11.9. The molecule has 0 saturated heterocycles. The first-order valence-corrected chi connectivity index (χ1v) is 6.31. The third kappa shape index (κ3) is 5.10. The van der Waals surface area contributed by atoms with Gasteiger partial charge in [-0.15, -0.1) is 0 Å². The molecule has 110 valence electrons. The molecule has 1 aromatic carbocycles. The second-order valence-corrected chi connectivity index (χ2v) is 4.50. The van der Waals surface area contributed by atoms with E-state index in [1.165, 1.54) is 6.92 Å². The van der Waals surface area contributed by atoms with Crippen molar-refractivity contribution >= 4 is 23.7 Å². The Morgan fingerprint density at radius 3 is 2.52 bits per heavy atom. The van der Waals surface area contributed by atoms with Crippen molar-refractivity contribution in [1.29, 1.82) is 0 Å². The molecule has 7 nitrogen and oxygen atoms in total. The zero-order valence-corrected chi connectivity index (χ0v) is 11.5. The highest BCUT2D eigenvalue weighted by Crippen LogP contribution is 2.02. The lowest BCUT2D eigenvalue weighted by molar-refractivity contribution is -0.136. The van der Waals surface area contributed by atoms with Gasteiger partial charge < -0.3 is 16.6 Å². The van der Waals surface area contributed by atoms with Gasteiger partial charge in [-0.3, -0.25) is 14.4 Å². The molecule has 21 heavy (non-hydrogen) atoms. The summed E-state index contributed by atoms with van der Waals surface area (Å²) < 4.78 is 0. The number of carbonyl (C=O) groups is 3. The van der Waals surface area contributed by atoms with Gasteiger partial charge in [-0.25, -0.2) is 0 Å². The fourth-order valence-corrected chi connectivity index (χ4v) is 1.68.